The first-order valence-electron chi connectivity index (χ1n) is 2.34. The second-order valence-corrected chi connectivity index (χ2v) is 3.96. The first-order valence-corrected chi connectivity index (χ1v) is 4.38. The lowest BCUT2D eigenvalue weighted by atomic mass is 11.0. The summed E-state index contributed by atoms with van der Waals surface area (Å²) in [4.78, 5) is 12.4. The third kappa shape index (κ3) is 4.33. The molecule has 0 aromatic carbocycles. The van der Waals surface area contributed by atoms with E-state index in [1.165, 1.54) is 0 Å². The minimum absolute atomic E-state index is 0. The van der Waals surface area contributed by atoms with E-state index >= 15 is 0 Å². The summed E-state index contributed by atoms with van der Waals surface area (Å²) in [7, 11) is 3.44. The van der Waals surface area contributed by atoms with Gasteiger partial charge in [-0.15, -0.1) is 0 Å². The van der Waals surface area contributed by atoms with E-state index in [9.17, 15) is 4.79 Å². The Morgan fingerprint density at radius 3 is 1.67 bits per heavy atom. The molecule has 0 aromatic rings. The summed E-state index contributed by atoms with van der Waals surface area (Å²) in [6.07, 6.45) is 3.84. The number of nitrogens with zero attached hydrogens (tertiary/aromatic N) is 1. The van der Waals surface area contributed by atoms with Crippen molar-refractivity contribution < 1.29 is 4.79 Å². The van der Waals surface area contributed by atoms with E-state index in [1.807, 2.05) is 12.5 Å². The van der Waals surface area contributed by atoms with Crippen LogP contribution in [0.5, 0.6) is 0 Å². The van der Waals surface area contributed by atoms with Gasteiger partial charge in [0.1, 0.15) is 12.5 Å². The zero-order valence-electron chi connectivity index (χ0n) is 6.76. The molecule has 0 heterocycles. The van der Waals surface area contributed by atoms with Crippen LogP contribution in [0.15, 0.2) is 0 Å². The molecule has 0 unspecified atom stereocenters. The van der Waals surface area contributed by atoms with Crippen molar-refractivity contribution >= 4 is 16.1 Å². The average molecular weight is 149 g/mol. The molecule has 2 nitrogen and oxygen atoms in total. The molecule has 0 atom stereocenters. The molecule has 3 heteroatoms. The van der Waals surface area contributed by atoms with Gasteiger partial charge in [0.05, 0.1) is 10.9 Å². The number of carbonyl (C=O) groups excluding carboxylic acids is 1. The zero-order valence-corrected chi connectivity index (χ0v) is 7.58. The van der Waals surface area contributed by atoms with E-state index in [0.29, 0.717) is 0 Å². The Kier molecular flexibility index (Phi) is 6.02. The minimum Gasteiger partial charge on any atom is -0.358 e. The number of hydrogen-bond donors (Lipinski definition) is 0. The Bertz CT molecular complexity index is 81.1. The van der Waals surface area contributed by atoms with Crippen LogP contribution in [0.3, 0.4) is 0 Å². The van der Waals surface area contributed by atoms with E-state index in [0.717, 1.165) is 0 Å². The summed E-state index contributed by atoms with van der Waals surface area (Å²) >= 11 is 0. The molecule has 0 saturated heterocycles. The van der Waals surface area contributed by atoms with Crippen LogP contribution in [-0.2, 0) is 10.9 Å². The van der Waals surface area contributed by atoms with Gasteiger partial charge in [-0.2, -0.15) is 0 Å². The third-order valence-electron chi connectivity index (χ3n) is 0.714. The van der Waals surface area contributed by atoms with Gasteiger partial charge in [0.25, 0.3) is 0 Å². The lowest BCUT2D eigenvalue weighted by Gasteiger charge is -2.03. The van der Waals surface area contributed by atoms with Crippen molar-refractivity contribution in [2.75, 3.05) is 26.6 Å². The Hall–Kier alpha value is -0.180. The summed E-state index contributed by atoms with van der Waals surface area (Å²) in [5, 5.41) is 0.213. The van der Waals surface area contributed by atoms with Crippen molar-refractivity contribution in [3.63, 3.8) is 0 Å². The molecule has 56 valence electrons. The Morgan fingerprint density at radius 2 is 1.67 bits per heavy atom. The molecule has 9 heavy (non-hydrogen) atoms. The van der Waals surface area contributed by atoms with Gasteiger partial charge in [-0.05, 0) is 0 Å². The van der Waals surface area contributed by atoms with Gasteiger partial charge in [-0.1, -0.05) is 0 Å². The van der Waals surface area contributed by atoms with E-state index in [-0.39, 0.29) is 23.6 Å². The number of hydrogen-bond acceptors (Lipinski definition) is 1. The fourth-order valence-corrected chi connectivity index (χ4v) is 1.10. The molecule has 0 N–H and O–H groups in total. The molecule has 0 bridgehead atoms. The first kappa shape index (κ1) is 11.6. The zero-order chi connectivity index (χ0) is 6.73. The standard InChI is InChI=1S/C5H12NOS.CH3/c1-6(2)5(7)8(3)4;/h1-4H3;1H3/q+1;-1. The number of carbonyl (C=O) groups is 1. The topological polar surface area (TPSA) is 20.3 Å². The molecule has 0 saturated carbocycles. The highest BCUT2D eigenvalue weighted by Gasteiger charge is 2.18. The van der Waals surface area contributed by atoms with Crippen LogP contribution < -0.4 is 0 Å². The van der Waals surface area contributed by atoms with Crippen molar-refractivity contribution in [1.82, 2.24) is 4.90 Å². The highest BCUT2D eigenvalue weighted by molar-refractivity contribution is 8.09. The SMILES string of the molecule is CN(C)C(=O)[S+](C)C.[CH3-]. The van der Waals surface area contributed by atoms with Gasteiger partial charge in [0.15, 0.2) is 0 Å². The van der Waals surface area contributed by atoms with Crippen LogP contribution >= 0.6 is 0 Å². The van der Waals surface area contributed by atoms with Gasteiger partial charge in [-0.25, -0.2) is 4.79 Å². The van der Waals surface area contributed by atoms with Crippen molar-refractivity contribution in [2.24, 2.45) is 0 Å². The van der Waals surface area contributed by atoms with Crippen molar-refractivity contribution in [3.8, 4) is 0 Å². The highest BCUT2D eigenvalue weighted by Crippen LogP contribution is 1.91. The molecule has 0 spiro atoms. The molecule has 0 aliphatic heterocycles. The molecule has 0 fully saturated rings. The molecule has 0 radical (unpaired) electrons. The third-order valence-corrected chi connectivity index (χ3v) is 1.78. The molecular formula is C6H15NOS. The van der Waals surface area contributed by atoms with Crippen LogP contribution in [0.2, 0.25) is 0 Å². The highest BCUT2D eigenvalue weighted by atomic mass is 32.2. The van der Waals surface area contributed by atoms with E-state index < -0.39 is 0 Å². The van der Waals surface area contributed by atoms with Gasteiger partial charge in [0, 0.05) is 14.1 Å². The summed E-state index contributed by atoms with van der Waals surface area (Å²) in [5.41, 5.74) is 0. The fraction of sp³-hybridized carbons (Fsp3) is 0.667. The quantitative estimate of drug-likeness (QED) is 0.371. The number of rotatable bonds is 0. The molecule has 0 aromatic heterocycles. The maximum atomic E-state index is 10.8. The Labute approximate surface area is 60.6 Å². The first-order chi connectivity index (χ1) is 3.55. The molecule has 0 aliphatic carbocycles. The van der Waals surface area contributed by atoms with Crippen molar-refractivity contribution in [3.05, 3.63) is 7.43 Å². The summed E-state index contributed by atoms with van der Waals surface area (Å²) in [6, 6.07) is 0. The second kappa shape index (κ2) is 4.68. The molecule has 1 amide bonds. The van der Waals surface area contributed by atoms with E-state index in [1.54, 1.807) is 19.0 Å². The Balaban J connectivity index is 0. The van der Waals surface area contributed by atoms with Gasteiger partial charge in [-0.3, -0.25) is 0 Å². The second-order valence-electron chi connectivity index (χ2n) is 1.98. The van der Waals surface area contributed by atoms with E-state index in [4.69, 9.17) is 0 Å². The number of amides is 1. The summed E-state index contributed by atoms with van der Waals surface area (Å²) < 4.78 is 0. The van der Waals surface area contributed by atoms with Gasteiger partial charge >= 0.3 is 5.24 Å². The van der Waals surface area contributed by atoms with Crippen LogP contribution in [-0.4, -0.2) is 36.7 Å². The molecule has 0 aliphatic rings. The smallest absolute Gasteiger partial charge is 0.358 e. The van der Waals surface area contributed by atoms with Crippen molar-refractivity contribution in [2.45, 2.75) is 0 Å². The minimum atomic E-state index is -0.103. The van der Waals surface area contributed by atoms with Crippen molar-refractivity contribution in [1.29, 1.82) is 0 Å². The average Bonchev–Trinajstić information content (AvgIpc) is 1.64. The van der Waals surface area contributed by atoms with Crippen LogP contribution in [0, 0.1) is 7.43 Å². The molecule has 0 rings (SSSR count). The lowest BCUT2D eigenvalue weighted by Crippen LogP contribution is -2.26. The normalized spacial score (nSPS) is 8.56. The van der Waals surface area contributed by atoms with Crippen LogP contribution in [0.1, 0.15) is 0 Å². The molecular weight excluding hydrogens is 134 g/mol. The van der Waals surface area contributed by atoms with Gasteiger partial charge < -0.3 is 12.3 Å². The predicted octanol–water partition coefficient (Wildman–Crippen LogP) is 0.996. The predicted molar refractivity (Wildman–Crippen MR) is 44.7 cm³/mol. The fourth-order valence-electron chi connectivity index (χ4n) is 0.365. The summed E-state index contributed by atoms with van der Waals surface area (Å²) in [6.45, 7) is 0. The van der Waals surface area contributed by atoms with Gasteiger partial charge in [0.2, 0.25) is 0 Å². The van der Waals surface area contributed by atoms with Crippen LogP contribution in [0.25, 0.3) is 0 Å². The maximum absolute atomic E-state index is 10.8. The monoisotopic (exact) mass is 149 g/mol. The Morgan fingerprint density at radius 1 is 1.33 bits per heavy atom. The summed E-state index contributed by atoms with van der Waals surface area (Å²) in [5.74, 6) is 0. The van der Waals surface area contributed by atoms with Crippen LogP contribution in [0.4, 0.5) is 4.79 Å². The largest absolute Gasteiger partial charge is 0.430 e. The maximum Gasteiger partial charge on any atom is 0.430 e. The van der Waals surface area contributed by atoms with E-state index in [2.05, 4.69) is 0 Å². The lowest BCUT2D eigenvalue weighted by molar-refractivity contribution is 0.241.